The van der Waals surface area contributed by atoms with Crippen molar-refractivity contribution in [3.8, 4) is 22.3 Å². The third-order valence-electron chi connectivity index (χ3n) is 6.18. The van der Waals surface area contributed by atoms with E-state index >= 15 is 0 Å². The molecule has 0 spiro atoms. The number of fused-ring (bicyclic) bond motifs is 3. The molecule has 1 heteroatoms. The van der Waals surface area contributed by atoms with E-state index in [0.29, 0.717) is 0 Å². The van der Waals surface area contributed by atoms with Crippen LogP contribution in [-0.2, 0) is 0 Å². The molecular weight excluding hydrogens is 374 g/mol. The van der Waals surface area contributed by atoms with Gasteiger partial charge in [-0.15, -0.1) is 0 Å². The van der Waals surface area contributed by atoms with E-state index in [1.807, 2.05) is 12.3 Å². The zero-order chi connectivity index (χ0) is 20.8. The number of aromatic nitrogens is 1. The molecule has 6 aromatic rings. The maximum absolute atomic E-state index is 4.92. The second-order valence-corrected chi connectivity index (χ2v) is 8.09. The molecule has 146 valence electrons. The van der Waals surface area contributed by atoms with E-state index in [9.17, 15) is 0 Å². The Kier molecular flexibility index (Phi) is 4.07. The second kappa shape index (κ2) is 7.07. The molecule has 0 bridgehead atoms. The summed E-state index contributed by atoms with van der Waals surface area (Å²) in [4.78, 5) is 4.92. The summed E-state index contributed by atoms with van der Waals surface area (Å²) in [6, 6.07) is 37.0. The highest BCUT2D eigenvalue weighted by Gasteiger charge is 2.18. The van der Waals surface area contributed by atoms with Gasteiger partial charge in [0.25, 0.3) is 0 Å². The third kappa shape index (κ3) is 2.82. The lowest BCUT2D eigenvalue weighted by atomic mass is 9.86. The van der Waals surface area contributed by atoms with Crippen molar-refractivity contribution in [1.82, 2.24) is 4.98 Å². The van der Waals surface area contributed by atoms with Gasteiger partial charge in [0.2, 0.25) is 0 Å². The van der Waals surface area contributed by atoms with E-state index in [1.54, 1.807) is 0 Å². The van der Waals surface area contributed by atoms with Gasteiger partial charge < -0.3 is 0 Å². The van der Waals surface area contributed by atoms with Gasteiger partial charge in [-0.2, -0.15) is 0 Å². The van der Waals surface area contributed by atoms with Gasteiger partial charge in [0.05, 0.1) is 5.52 Å². The summed E-state index contributed by atoms with van der Waals surface area (Å²) in [6.45, 7) is 2.13. The molecule has 0 atom stereocenters. The lowest BCUT2D eigenvalue weighted by Gasteiger charge is -2.18. The first-order valence-electron chi connectivity index (χ1n) is 10.7. The fourth-order valence-corrected chi connectivity index (χ4v) is 4.75. The minimum absolute atomic E-state index is 1.05. The van der Waals surface area contributed by atoms with E-state index in [4.69, 9.17) is 4.98 Å². The maximum Gasteiger partial charge on any atom is 0.0793 e. The van der Waals surface area contributed by atoms with Gasteiger partial charge in [-0.1, -0.05) is 103 Å². The molecule has 6 rings (SSSR count). The van der Waals surface area contributed by atoms with Crippen molar-refractivity contribution < 1.29 is 0 Å². The summed E-state index contributed by atoms with van der Waals surface area (Å²) in [5, 5.41) is 6.18. The van der Waals surface area contributed by atoms with Gasteiger partial charge in [-0.05, 0) is 51.2 Å². The summed E-state index contributed by atoms with van der Waals surface area (Å²) in [5.41, 5.74) is 7.23. The van der Waals surface area contributed by atoms with Crippen molar-refractivity contribution in [1.29, 1.82) is 0 Å². The standard InChI is InChI=1S/C30H21N/c1-20-15-17-22(18-16-20)28-25-11-4-5-12-26(25)29(30-27(28)14-7-19-31-30)24-13-6-9-21-8-2-3-10-23(21)24/h2-19H,1H3. The first-order valence-corrected chi connectivity index (χ1v) is 10.7. The molecule has 5 aromatic carbocycles. The van der Waals surface area contributed by atoms with E-state index in [0.717, 1.165) is 5.52 Å². The van der Waals surface area contributed by atoms with Gasteiger partial charge in [0.15, 0.2) is 0 Å². The molecule has 0 fully saturated rings. The van der Waals surface area contributed by atoms with Crippen molar-refractivity contribution in [3.63, 3.8) is 0 Å². The van der Waals surface area contributed by atoms with Crippen LogP contribution in [0.15, 0.2) is 109 Å². The van der Waals surface area contributed by atoms with Crippen LogP contribution in [0.4, 0.5) is 0 Å². The molecule has 0 amide bonds. The number of hydrogen-bond donors (Lipinski definition) is 0. The highest BCUT2D eigenvalue weighted by molar-refractivity contribution is 6.22. The molecule has 0 aliphatic carbocycles. The third-order valence-corrected chi connectivity index (χ3v) is 6.18. The van der Waals surface area contributed by atoms with Gasteiger partial charge in [-0.3, -0.25) is 4.98 Å². The van der Waals surface area contributed by atoms with Crippen LogP contribution in [0.3, 0.4) is 0 Å². The fraction of sp³-hybridized carbons (Fsp3) is 0.0333. The number of aryl methyl sites for hydroxylation is 1. The predicted molar refractivity (Wildman–Crippen MR) is 132 cm³/mol. The summed E-state index contributed by atoms with van der Waals surface area (Å²) in [6.07, 6.45) is 1.91. The first kappa shape index (κ1) is 17.9. The van der Waals surface area contributed by atoms with E-state index in [1.165, 1.54) is 54.7 Å². The number of nitrogens with zero attached hydrogens (tertiary/aromatic N) is 1. The molecule has 0 N–H and O–H groups in total. The van der Waals surface area contributed by atoms with Crippen molar-refractivity contribution in [2.24, 2.45) is 0 Å². The van der Waals surface area contributed by atoms with Crippen LogP contribution in [0.1, 0.15) is 5.56 Å². The number of pyridine rings is 1. The minimum Gasteiger partial charge on any atom is -0.256 e. The molecule has 1 nitrogen and oxygen atoms in total. The average molecular weight is 396 g/mol. The molecule has 1 aromatic heterocycles. The molecule has 1 heterocycles. The molecule has 0 saturated carbocycles. The molecule has 0 radical (unpaired) electrons. The Balaban J connectivity index is 1.82. The molecule has 0 unspecified atom stereocenters. The number of benzene rings is 5. The van der Waals surface area contributed by atoms with Crippen LogP contribution in [0, 0.1) is 6.92 Å². The Bertz CT molecular complexity index is 1510. The molecule has 31 heavy (non-hydrogen) atoms. The Morgan fingerprint density at radius 3 is 1.97 bits per heavy atom. The van der Waals surface area contributed by atoms with Crippen LogP contribution < -0.4 is 0 Å². The van der Waals surface area contributed by atoms with Crippen LogP contribution in [0.25, 0.3) is 54.7 Å². The zero-order valence-electron chi connectivity index (χ0n) is 17.3. The summed E-state index contributed by atoms with van der Waals surface area (Å²) < 4.78 is 0. The van der Waals surface area contributed by atoms with Crippen LogP contribution >= 0.6 is 0 Å². The quantitative estimate of drug-likeness (QED) is 0.269. The molecule has 0 aliphatic rings. The van der Waals surface area contributed by atoms with E-state index in [2.05, 4.69) is 104 Å². The summed E-state index contributed by atoms with van der Waals surface area (Å²) in [7, 11) is 0. The highest BCUT2D eigenvalue weighted by atomic mass is 14.7. The molecular formula is C30H21N. The van der Waals surface area contributed by atoms with Crippen molar-refractivity contribution in [3.05, 3.63) is 115 Å². The molecule has 0 aliphatic heterocycles. The van der Waals surface area contributed by atoms with Crippen molar-refractivity contribution in [2.45, 2.75) is 6.92 Å². The smallest absolute Gasteiger partial charge is 0.0793 e. The highest BCUT2D eigenvalue weighted by Crippen LogP contribution is 2.44. The van der Waals surface area contributed by atoms with Crippen LogP contribution in [0.2, 0.25) is 0 Å². The average Bonchev–Trinajstić information content (AvgIpc) is 2.83. The summed E-state index contributed by atoms with van der Waals surface area (Å²) in [5.74, 6) is 0. The first-order chi connectivity index (χ1) is 15.3. The maximum atomic E-state index is 4.92. The Labute approximate surface area is 181 Å². The molecule has 0 saturated heterocycles. The van der Waals surface area contributed by atoms with Gasteiger partial charge >= 0.3 is 0 Å². The number of hydrogen-bond acceptors (Lipinski definition) is 1. The topological polar surface area (TPSA) is 12.9 Å². The van der Waals surface area contributed by atoms with Gasteiger partial charge in [0, 0.05) is 17.1 Å². The zero-order valence-corrected chi connectivity index (χ0v) is 17.3. The Morgan fingerprint density at radius 1 is 0.516 bits per heavy atom. The fourth-order valence-electron chi connectivity index (χ4n) is 4.75. The largest absolute Gasteiger partial charge is 0.256 e. The van der Waals surface area contributed by atoms with Crippen molar-refractivity contribution >= 4 is 32.4 Å². The Hall–Kier alpha value is -3.97. The SMILES string of the molecule is Cc1ccc(-c2c3ccccc3c(-c3cccc4ccccc34)c3ncccc23)cc1. The lowest BCUT2D eigenvalue weighted by Crippen LogP contribution is -1.93. The predicted octanol–water partition coefficient (Wildman–Crippen LogP) is 8.18. The second-order valence-electron chi connectivity index (χ2n) is 8.09. The van der Waals surface area contributed by atoms with Crippen LogP contribution in [-0.4, -0.2) is 4.98 Å². The monoisotopic (exact) mass is 395 g/mol. The summed E-state index contributed by atoms with van der Waals surface area (Å²) >= 11 is 0. The van der Waals surface area contributed by atoms with Gasteiger partial charge in [-0.25, -0.2) is 0 Å². The van der Waals surface area contributed by atoms with Crippen LogP contribution in [0.5, 0.6) is 0 Å². The lowest BCUT2D eigenvalue weighted by molar-refractivity contribution is 1.42. The Morgan fingerprint density at radius 2 is 1.16 bits per heavy atom. The normalized spacial score (nSPS) is 11.4. The van der Waals surface area contributed by atoms with E-state index in [-0.39, 0.29) is 0 Å². The number of rotatable bonds is 2. The van der Waals surface area contributed by atoms with E-state index < -0.39 is 0 Å². The minimum atomic E-state index is 1.05. The van der Waals surface area contributed by atoms with Gasteiger partial charge in [0.1, 0.15) is 0 Å². The van der Waals surface area contributed by atoms with Crippen molar-refractivity contribution in [2.75, 3.05) is 0 Å².